The van der Waals surface area contributed by atoms with Gasteiger partial charge in [-0.1, -0.05) is 23.7 Å². The van der Waals surface area contributed by atoms with Crippen LogP contribution in [-0.4, -0.2) is 29.8 Å². The number of aliphatic hydroxyl groups excluding tert-OH is 1. The van der Waals surface area contributed by atoms with Gasteiger partial charge in [-0.25, -0.2) is 4.98 Å². The molecular weight excluding hydrogens is 322 g/mol. The summed E-state index contributed by atoms with van der Waals surface area (Å²) in [6.07, 6.45) is 4.39. The first kappa shape index (κ1) is 16.8. The molecule has 0 saturated carbocycles. The van der Waals surface area contributed by atoms with Crippen LogP contribution >= 0.6 is 11.6 Å². The van der Waals surface area contributed by atoms with Crippen molar-refractivity contribution in [3.63, 3.8) is 0 Å². The van der Waals surface area contributed by atoms with E-state index in [2.05, 4.69) is 22.0 Å². The van der Waals surface area contributed by atoms with Crippen molar-refractivity contribution in [3.8, 4) is 6.07 Å². The predicted molar refractivity (Wildman–Crippen MR) is 95.1 cm³/mol. The van der Waals surface area contributed by atoms with Gasteiger partial charge in [-0.05, 0) is 49.1 Å². The second-order valence-electron chi connectivity index (χ2n) is 6.50. The standard InChI is InChI=1S/C19H20ClN3O/c20-17-4-1-3-15(9-17)11-19(14-24)6-2-8-23(13-19)18-10-16(12-21)5-7-22-18/h1,3-5,7,9-10,24H,2,6,8,11,13-14H2/t19-/m1/s1. The zero-order valence-electron chi connectivity index (χ0n) is 13.5. The van der Waals surface area contributed by atoms with Crippen LogP contribution in [0.25, 0.3) is 0 Å². The topological polar surface area (TPSA) is 60.2 Å². The number of hydrogen-bond acceptors (Lipinski definition) is 4. The van der Waals surface area contributed by atoms with Crippen molar-refractivity contribution in [2.45, 2.75) is 19.3 Å². The van der Waals surface area contributed by atoms with Gasteiger partial charge in [0.25, 0.3) is 0 Å². The molecule has 1 atom stereocenters. The third-order valence-corrected chi connectivity index (χ3v) is 4.90. The van der Waals surface area contributed by atoms with Crippen LogP contribution in [-0.2, 0) is 6.42 Å². The van der Waals surface area contributed by atoms with Crippen LogP contribution in [0, 0.1) is 16.7 Å². The molecule has 0 aliphatic carbocycles. The fraction of sp³-hybridized carbons (Fsp3) is 0.368. The van der Waals surface area contributed by atoms with Crippen molar-refractivity contribution in [3.05, 3.63) is 58.7 Å². The second kappa shape index (κ2) is 7.21. The van der Waals surface area contributed by atoms with Crippen molar-refractivity contribution >= 4 is 17.4 Å². The van der Waals surface area contributed by atoms with Crippen LogP contribution in [0.15, 0.2) is 42.6 Å². The van der Waals surface area contributed by atoms with E-state index in [0.717, 1.165) is 48.8 Å². The Labute approximate surface area is 147 Å². The molecule has 2 aromatic rings. The highest BCUT2D eigenvalue weighted by Gasteiger charge is 2.35. The summed E-state index contributed by atoms with van der Waals surface area (Å²) in [5, 5.41) is 19.9. The third kappa shape index (κ3) is 3.69. The molecule has 1 aliphatic rings. The first-order valence-electron chi connectivity index (χ1n) is 8.11. The number of hydrogen-bond donors (Lipinski definition) is 1. The highest BCUT2D eigenvalue weighted by Crippen LogP contribution is 2.35. The third-order valence-electron chi connectivity index (χ3n) is 4.66. The van der Waals surface area contributed by atoms with Gasteiger partial charge in [0.2, 0.25) is 0 Å². The Morgan fingerprint density at radius 2 is 2.21 bits per heavy atom. The molecule has 2 heterocycles. The molecule has 1 aromatic heterocycles. The minimum Gasteiger partial charge on any atom is -0.396 e. The van der Waals surface area contributed by atoms with Gasteiger partial charge in [-0.3, -0.25) is 0 Å². The van der Waals surface area contributed by atoms with Crippen molar-refractivity contribution in [1.29, 1.82) is 5.26 Å². The number of pyridine rings is 1. The van der Waals surface area contributed by atoms with Gasteiger partial charge < -0.3 is 10.0 Å². The van der Waals surface area contributed by atoms with E-state index in [4.69, 9.17) is 16.9 Å². The average molecular weight is 342 g/mol. The zero-order chi connectivity index (χ0) is 17.0. The van der Waals surface area contributed by atoms with E-state index in [9.17, 15) is 5.11 Å². The summed E-state index contributed by atoms with van der Waals surface area (Å²) in [5.74, 6) is 0.803. The number of rotatable bonds is 4. The lowest BCUT2D eigenvalue weighted by atomic mass is 9.75. The number of aromatic nitrogens is 1. The van der Waals surface area contributed by atoms with E-state index in [1.165, 1.54) is 0 Å². The molecule has 24 heavy (non-hydrogen) atoms. The molecular formula is C19H20ClN3O. The van der Waals surface area contributed by atoms with E-state index >= 15 is 0 Å². The van der Waals surface area contributed by atoms with Crippen LogP contribution in [0.5, 0.6) is 0 Å². The lowest BCUT2D eigenvalue weighted by molar-refractivity contribution is 0.105. The van der Waals surface area contributed by atoms with Gasteiger partial charge in [-0.15, -0.1) is 0 Å². The Hall–Kier alpha value is -2.09. The maximum absolute atomic E-state index is 10.1. The molecule has 0 unspecified atom stereocenters. The lowest BCUT2D eigenvalue weighted by Crippen LogP contribution is -2.47. The summed E-state index contributed by atoms with van der Waals surface area (Å²) in [6.45, 7) is 1.73. The number of nitriles is 1. The minimum atomic E-state index is -0.215. The molecule has 0 amide bonds. The number of halogens is 1. The molecule has 4 nitrogen and oxygen atoms in total. The molecule has 3 rings (SSSR count). The monoisotopic (exact) mass is 341 g/mol. The average Bonchev–Trinajstić information content (AvgIpc) is 2.62. The molecule has 1 fully saturated rings. The summed E-state index contributed by atoms with van der Waals surface area (Å²) in [5.41, 5.74) is 1.53. The molecule has 0 spiro atoms. The van der Waals surface area contributed by atoms with Crippen LogP contribution < -0.4 is 4.90 Å². The van der Waals surface area contributed by atoms with Gasteiger partial charge in [0.1, 0.15) is 5.82 Å². The molecule has 1 saturated heterocycles. The Bertz CT molecular complexity index is 758. The Morgan fingerprint density at radius 3 is 2.96 bits per heavy atom. The molecule has 124 valence electrons. The predicted octanol–water partition coefficient (Wildman–Crippen LogP) is 3.43. The SMILES string of the molecule is N#Cc1ccnc(N2CCC[C@@](CO)(Cc3cccc(Cl)c3)C2)c1. The van der Waals surface area contributed by atoms with Crippen molar-refractivity contribution in [2.75, 3.05) is 24.6 Å². The van der Waals surface area contributed by atoms with Crippen LogP contribution in [0.4, 0.5) is 5.82 Å². The Morgan fingerprint density at radius 1 is 1.33 bits per heavy atom. The Balaban J connectivity index is 1.82. The van der Waals surface area contributed by atoms with Crippen LogP contribution in [0.3, 0.4) is 0 Å². The number of anilines is 1. The summed E-state index contributed by atoms with van der Waals surface area (Å²) in [6, 6.07) is 13.5. The summed E-state index contributed by atoms with van der Waals surface area (Å²) < 4.78 is 0. The van der Waals surface area contributed by atoms with E-state index < -0.39 is 0 Å². The zero-order valence-corrected chi connectivity index (χ0v) is 14.2. The van der Waals surface area contributed by atoms with E-state index in [1.54, 1.807) is 12.3 Å². The molecule has 1 N–H and O–H groups in total. The van der Waals surface area contributed by atoms with Crippen molar-refractivity contribution in [2.24, 2.45) is 5.41 Å². The fourth-order valence-electron chi connectivity index (χ4n) is 3.47. The van der Waals surface area contributed by atoms with E-state index in [-0.39, 0.29) is 12.0 Å². The summed E-state index contributed by atoms with van der Waals surface area (Å²) >= 11 is 6.10. The minimum absolute atomic E-state index is 0.119. The number of aliphatic hydroxyl groups is 1. The normalized spacial score (nSPS) is 20.6. The highest BCUT2D eigenvalue weighted by molar-refractivity contribution is 6.30. The smallest absolute Gasteiger partial charge is 0.129 e. The van der Waals surface area contributed by atoms with Gasteiger partial charge in [0.05, 0.1) is 18.2 Å². The lowest BCUT2D eigenvalue weighted by Gasteiger charge is -2.42. The molecule has 1 aliphatic heterocycles. The maximum atomic E-state index is 10.1. The van der Waals surface area contributed by atoms with E-state index in [0.29, 0.717) is 5.56 Å². The quantitative estimate of drug-likeness (QED) is 0.925. The van der Waals surface area contributed by atoms with Crippen LogP contribution in [0.2, 0.25) is 5.02 Å². The maximum Gasteiger partial charge on any atom is 0.129 e. The van der Waals surface area contributed by atoms with Gasteiger partial charge >= 0.3 is 0 Å². The molecule has 0 bridgehead atoms. The number of nitrogens with zero attached hydrogens (tertiary/aromatic N) is 3. The fourth-order valence-corrected chi connectivity index (χ4v) is 3.69. The summed E-state index contributed by atoms with van der Waals surface area (Å²) in [4.78, 5) is 6.58. The number of piperidine rings is 1. The molecule has 1 aromatic carbocycles. The van der Waals surface area contributed by atoms with Gasteiger partial charge in [-0.2, -0.15) is 5.26 Å². The van der Waals surface area contributed by atoms with Crippen molar-refractivity contribution < 1.29 is 5.11 Å². The first-order valence-corrected chi connectivity index (χ1v) is 8.48. The van der Waals surface area contributed by atoms with Gasteiger partial charge in [0.15, 0.2) is 0 Å². The van der Waals surface area contributed by atoms with Gasteiger partial charge in [0, 0.05) is 29.7 Å². The Kier molecular flexibility index (Phi) is 5.03. The molecule has 0 radical (unpaired) electrons. The molecule has 5 heteroatoms. The van der Waals surface area contributed by atoms with Crippen LogP contribution in [0.1, 0.15) is 24.0 Å². The highest BCUT2D eigenvalue weighted by atomic mass is 35.5. The van der Waals surface area contributed by atoms with Crippen molar-refractivity contribution in [1.82, 2.24) is 4.98 Å². The second-order valence-corrected chi connectivity index (χ2v) is 6.94. The summed E-state index contributed by atoms with van der Waals surface area (Å²) in [7, 11) is 0. The number of benzene rings is 1. The first-order chi connectivity index (χ1) is 11.6. The largest absolute Gasteiger partial charge is 0.396 e. The van der Waals surface area contributed by atoms with E-state index in [1.807, 2.05) is 24.3 Å².